The number of benzene rings is 2. The topological polar surface area (TPSA) is 58.1 Å². The molecule has 6 heteroatoms. The Balaban J connectivity index is 1.49. The van der Waals surface area contributed by atoms with Gasteiger partial charge in [0.25, 0.3) is 5.91 Å². The fourth-order valence-corrected chi connectivity index (χ4v) is 3.59. The largest absolute Gasteiger partial charge is 0.357 e. The maximum absolute atomic E-state index is 12.5. The van der Waals surface area contributed by atoms with Gasteiger partial charge >= 0.3 is 0 Å². The second kappa shape index (κ2) is 8.10. The zero-order chi connectivity index (χ0) is 19.5. The molecule has 2 heterocycles. The van der Waals surface area contributed by atoms with Gasteiger partial charge in [-0.25, -0.2) is 9.97 Å². The molecular weight excluding hydrogens is 416 g/mol. The maximum atomic E-state index is 12.5. The molecule has 0 atom stereocenters. The monoisotopic (exact) mass is 436 g/mol. The van der Waals surface area contributed by atoms with Gasteiger partial charge in [-0.05, 0) is 55.7 Å². The van der Waals surface area contributed by atoms with E-state index in [2.05, 4.69) is 36.1 Å². The first-order chi connectivity index (χ1) is 13.6. The number of carbonyl (C=O) groups excluding carboxylic acids is 1. The molecule has 4 rings (SSSR count). The van der Waals surface area contributed by atoms with Gasteiger partial charge in [0.15, 0.2) is 0 Å². The lowest BCUT2D eigenvalue weighted by Crippen LogP contribution is -2.19. The lowest BCUT2D eigenvalue weighted by molar-refractivity contribution is 0.102. The summed E-state index contributed by atoms with van der Waals surface area (Å²) in [5.41, 5.74) is 4.30. The number of nitrogens with zero attached hydrogens (tertiary/aromatic N) is 3. The van der Waals surface area contributed by atoms with Gasteiger partial charge in [-0.15, -0.1) is 0 Å². The fraction of sp³-hybridized carbons (Fsp3) is 0.227. The molecule has 0 bridgehead atoms. The van der Waals surface area contributed by atoms with E-state index in [0.717, 1.165) is 45.9 Å². The van der Waals surface area contributed by atoms with Gasteiger partial charge in [0.1, 0.15) is 12.1 Å². The molecule has 3 aromatic rings. The predicted molar refractivity (Wildman–Crippen MR) is 116 cm³/mol. The van der Waals surface area contributed by atoms with Crippen LogP contribution in [0.15, 0.2) is 59.3 Å². The summed E-state index contributed by atoms with van der Waals surface area (Å²) < 4.78 is 1.02. The van der Waals surface area contributed by atoms with E-state index in [1.54, 1.807) is 6.33 Å². The van der Waals surface area contributed by atoms with Crippen molar-refractivity contribution in [3.05, 3.63) is 70.5 Å². The number of carbonyl (C=O) groups is 1. The molecular formula is C22H21BrN4O. The van der Waals surface area contributed by atoms with Crippen molar-refractivity contribution < 1.29 is 4.79 Å². The average molecular weight is 437 g/mol. The highest BCUT2D eigenvalue weighted by molar-refractivity contribution is 9.10. The summed E-state index contributed by atoms with van der Waals surface area (Å²) in [6.45, 7) is 4.09. The van der Waals surface area contributed by atoms with Gasteiger partial charge in [-0.3, -0.25) is 4.79 Å². The number of hydrogen-bond donors (Lipinski definition) is 1. The number of halogens is 1. The molecule has 1 N–H and O–H groups in total. The van der Waals surface area contributed by atoms with Crippen molar-refractivity contribution in [2.45, 2.75) is 19.8 Å². The summed E-state index contributed by atoms with van der Waals surface area (Å²) in [5, 5.41) is 2.94. The molecule has 1 aliphatic rings. The minimum atomic E-state index is -0.131. The molecule has 0 aliphatic carbocycles. The molecule has 28 heavy (non-hydrogen) atoms. The van der Waals surface area contributed by atoms with E-state index in [-0.39, 0.29) is 5.91 Å². The first kappa shape index (κ1) is 18.6. The molecule has 1 amide bonds. The van der Waals surface area contributed by atoms with Crippen LogP contribution in [0, 0.1) is 6.92 Å². The number of nitrogens with one attached hydrogen (secondary N) is 1. The minimum Gasteiger partial charge on any atom is -0.357 e. The van der Waals surface area contributed by atoms with Crippen molar-refractivity contribution in [2.75, 3.05) is 23.3 Å². The molecule has 0 saturated carbocycles. The summed E-state index contributed by atoms with van der Waals surface area (Å²) in [5.74, 6) is 0.837. The SMILES string of the molecule is Cc1cc(NC(=O)c2ccc(-c3cc(N4CCCC4)ncn3)cc2)ccc1Br. The van der Waals surface area contributed by atoms with E-state index in [4.69, 9.17) is 0 Å². The Labute approximate surface area is 173 Å². The first-order valence-electron chi connectivity index (χ1n) is 9.35. The van der Waals surface area contributed by atoms with Crippen LogP contribution < -0.4 is 10.2 Å². The number of hydrogen-bond acceptors (Lipinski definition) is 4. The summed E-state index contributed by atoms with van der Waals surface area (Å²) >= 11 is 3.47. The molecule has 0 spiro atoms. The second-order valence-corrected chi connectivity index (χ2v) is 7.81. The van der Waals surface area contributed by atoms with E-state index in [0.29, 0.717) is 5.56 Å². The van der Waals surface area contributed by atoms with E-state index in [1.165, 1.54) is 12.8 Å². The number of anilines is 2. The third kappa shape index (κ3) is 4.07. The molecule has 1 aliphatic heterocycles. The minimum absolute atomic E-state index is 0.131. The molecule has 2 aromatic carbocycles. The highest BCUT2D eigenvalue weighted by atomic mass is 79.9. The van der Waals surface area contributed by atoms with Crippen LogP contribution in [0.4, 0.5) is 11.5 Å². The summed E-state index contributed by atoms with van der Waals surface area (Å²) in [4.78, 5) is 23.6. The molecule has 5 nitrogen and oxygen atoms in total. The van der Waals surface area contributed by atoms with Crippen LogP contribution >= 0.6 is 15.9 Å². The van der Waals surface area contributed by atoms with Crippen LogP contribution in [0.5, 0.6) is 0 Å². The van der Waals surface area contributed by atoms with Gasteiger partial charge in [0.2, 0.25) is 0 Å². The van der Waals surface area contributed by atoms with E-state index in [1.807, 2.05) is 55.5 Å². The third-order valence-corrected chi connectivity index (χ3v) is 5.83. The molecule has 142 valence electrons. The Morgan fingerprint density at radius 1 is 1.04 bits per heavy atom. The molecule has 1 aromatic heterocycles. The normalized spacial score (nSPS) is 13.6. The Morgan fingerprint density at radius 2 is 1.79 bits per heavy atom. The van der Waals surface area contributed by atoms with Crippen molar-refractivity contribution in [1.29, 1.82) is 0 Å². The van der Waals surface area contributed by atoms with Crippen LogP contribution in [-0.4, -0.2) is 29.0 Å². The first-order valence-corrected chi connectivity index (χ1v) is 10.1. The Bertz CT molecular complexity index is 998. The van der Waals surface area contributed by atoms with Crippen molar-refractivity contribution in [3.63, 3.8) is 0 Å². The summed E-state index contributed by atoms with van der Waals surface area (Å²) in [6, 6.07) is 15.3. The van der Waals surface area contributed by atoms with Crippen LogP contribution in [0.3, 0.4) is 0 Å². The lowest BCUT2D eigenvalue weighted by Gasteiger charge is -2.16. The van der Waals surface area contributed by atoms with E-state index >= 15 is 0 Å². The quantitative estimate of drug-likeness (QED) is 0.620. The summed E-state index contributed by atoms with van der Waals surface area (Å²) in [6.07, 6.45) is 4.03. The standard InChI is InChI=1S/C22H21BrN4O/c1-15-12-18(8-9-19(15)23)26-22(28)17-6-4-16(5-7-17)20-13-21(25-14-24-20)27-10-2-3-11-27/h4-9,12-14H,2-3,10-11H2,1H3,(H,26,28). The van der Waals surface area contributed by atoms with Crippen molar-refractivity contribution in [3.8, 4) is 11.3 Å². The zero-order valence-electron chi connectivity index (χ0n) is 15.7. The van der Waals surface area contributed by atoms with Gasteiger partial charge in [0, 0.05) is 40.4 Å². The Hall–Kier alpha value is -2.73. The lowest BCUT2D eigenvalue weighted by atomic mass is 10.1. The van der Waals surface area contributed by atoms with Crippen LogP contribution in [0.2, 0.25) is 0 Å². The number of aromatic nitrogens is 2. The van der Waals surface area contributed by atoms with Crippen molar-refractivity contribution in [1.82, 2.24) is 9.97 Å². The Kier molecular flexibility index (Phi) is 5.39. The van der Waals surface area contributed by atoms with Crippen LogP contribution in [-0.2, 0) is 0 Å². The number of rotatable bonds is 4. The fourth-order valence-electron chi connectivity index (χ4n) is 3.34. The highest BCUT2D eigenvalue weighted by Crippen LogP contribution is 2.24. The molecule has 0 radical (unpaired) electrons. The van der Waals surface area contributed by atoms with Crippen molar-refractivity contribution >= 4 is 33.3 Å². The molecule has 1 fully saturated rings. The van der Waals surface area contributed by atoms with E-state index in [9.17, 15) is 4.79 Å². The van der Waals surface area contributed by atoms with E-state index < -0.39 is 0 Å². The average Bonchev–Trinajstić information content (AvgIpc) is 3.26. The third-order valence-electron chi connectivity index (χ3n) is 4.94. The Morgan fingerprint density at radius 3 is 2.50 bits per heavy atom. The zero-order valence-corrected chi connectivity index (χ0v) is 17.2. The predicted octanol–water partition coefficient (Wildman–Crippen LogP) is 5.07. The number of aryl methyl sites for hydroxylation is 1. The molecule has 1 saturated heterocycles. The van der Waals surface area contributed by atoms with Crippen molar-refractivity contribution in [2.24, 2.45) is 0 Å². The summed E-state index contributed by atoms with van der Waals surface area (Å²) in [7, 11) is 0. The van der Waals surface area contributed by atoms with Gasteiger partial charge < -0.3 is 10.2 Å². The van der Waals surface area contributed by atoms with Gasteiger partial charge in [0.05, 0.1) is 5.69 Å². The highest BCUT2D eigenvalue weighted by Gasteiger charge is 2.15. The van der Waals surface area contributed by atoms with Crippen LogP contribution in [0.1, 0.15) is 28.8 Å². The molecule has 0 unspecified atom stereocenters. The van der Waals surface area contributed by atoms with Crippen LogP contribution in [0.25, 0.3) is 11.3 Å². The maximum Gasteiger partial charge on any atom is 0.255 e. The van der Waals surface area contributed by atoms with Gasteiger partial charge in [-0.2, -0.15) is 0 Å². The smallest absolute Gasteiger partial charge is 0.255 e. The van der Waals surface area contributed by atoms with Gasteiger partial charge in [-0.1, -0.05) is 28.1 Å². The number of amides is 1. The second-order valence-electron chi connectivity index (χ2n) is 6.95.